The van der Waals surface area contributed by atoms with Gasteiger partial charge >= 0.3 is 11.9 Å². The van der Waals surface area contributed by atoms with Crippen molar-refractivity contribution in [3.63, 3.8) is 0 Å². The van der Waals surface area contributed by atoms with E-state index in [1.54, 1.807) is 43.5 Å². The van der Waals surface area contributed by atoms with Crippen molar-refractivity contribution in [2.75, 3.05) is 304 Å². The van der Waals surface area contributed by atoms with Crippen LogP contribution in [0.4, 0.5) is 0 Å². The molecule has 0 aromatic heterocycles. The second-order valence-corrected chi connectivity index (χ2v) is 28.1. The molecule has 0 aliphatic carbocycles. The van der Waals surface area contributed by atoms with Crippen molar-refractivity contribution in [2.24, 2.45) is 0 Å². The number of esters is 2. The van der Waals surface area contributed by atoms with E-state index in [0.717, 1.165) is 40.8 Å². The average molecular weight is 1700 g/mol. The number of benzene rings is 4. The highest BCUT2D eigenvalue weighted by Gasteiger charge is 2.13. The van der Waals surface area contributed by atoms with Crippen LogP contribution in [0.5, 0.6) is 11.5 Å². The smallest absolute Gasteiger partial charge is 0.343 e. The summed E-state index contributed by atoms with van der Waals surface area (Å²) in [6, 6.07) is 29.9. The molecule has 0 aliphatic rings. The summed E-state index contributed by atoms with van der Waals surface area (Å²) in [5.74, 6) is 0.424. The van der Waals surface area contributed by atoms with Gasteiger partial charge in [0.05, 0.1) is 302 Å². The van der Waals surface area contributed by atoms with Gasteiger partial charge in [-0.05, 0) is 77.2 Å². The van der Waals surface area contributed by atoms with Crippen molar-refractivity contribution in [1.29, 1.82) is 0 Å². The van der Waals surface area contributed by atoms with E-state index in [0.29, 0.717) is 314 Å². The molecule has 0 fully saturated rings. The lowest BCUT2D eigenvalue weighted by Gasteiger charge is -2.10. The highest BCUT2D eigenvalue weighted by molar-refractivity contribution is 5.92. The molecule has 0 aliphatic heterocycles. The molecule has 0 bridgehead atoms. The van der Waals surface area contributed by atoms with Crippen LogP contribution in [-0.2, 0) is 109 Å². The van der Waals surface area contributed by atoms with E-state index in [1.807, 2.05) is 60.7 Å². The van der Waals surface area contributed by atoms with Gasteiger partial charge in [0.2, 0.25) is 0 Å². The Morgan fingerprint density at radius 3 is 0.600 bits per heavy atom. The molecule has 120 heavy (non-hydrogen) atoms. The Morgan fingerprint density at radius 1 is 0.192 bits per heavy atom. The van der Waals surface area contributed by atoms with Gasteiger partial charge in [0.25, 0.3) is 0 Å². The molecule has 0 heterocycles. The van der Waals surface area contributed by atoms with E-state index in [4.69, 9.17) is 118 Å². The third-order valence-corrected chi connectivity index (χ3v) is 18.4. The Balaban J connectivity index is 0.784. The summed E-state index contributed by atoms with van der Waals surface area (Å²) in [5, 5.41) is 0. The molecule has 0 saturated carbocycles. The molecule has 686 valence electrons. The van der Waals surface area contributed by atoms with Crippen molar-refractivity contribution in [2.45, 2.75) is 135 Å². The predicted octanol–water partition coefficient (Wildman–Crippen LogP) is 14.6. The Morgan fingerprint density at radius 2 is 0.375 bits per heavy atom. The molecule has 4 aromatic carbocycles. The van der Waals surface area contributed by atoms with Crippen LogP contribution in [0.3, 0.4) is 0 Å². The SMILES string of the molecule is CCCCCCCCCCCCCCCCCCCCCCOC(=O)c1ccc(-c2ccc(OC(=O)c3ccc(-c4ccc(OCCOCCOCCOCCOCCOCCOCCOCCOCCOCCOCCOCCOCCOCCOCCOCCOCCOCCOCCOCCOCCOCCOC)cc4)cc3)cc2)cc1. The lowest BCUT2D eigenvalue weighted by atomic mass is 10.0. The standard InChI is InChI=1S/C93H152O27/c1-3-4-5-6-7-8-9-10-11-12-13-14-15-16-17-18-19-20-21-22-39-119-92(94)88-27-23-84(24-28-88)87-33-37-91(38-34-87)120-93(95)89-29-25-85(26-30-89)86-31-35-90(36-32-86)118-83-82-117-81-80-116-79-78-115-77-76-114-75-74-113-73-72-112-71-70-111-69-68-110-67-66-109-65-64-108-63-62-107-61-60-106-59-58-105-57-56-104-55-54-103-53-52-102-51-50-101-49-48-100-47-46-99-45-44-98-43-42-97-41-40-96-2/h23-38H,3-22,39-83H2,1-2H3. The molecule has 27 heteroatoms. The molecule has 0 spiro atoms. The van der Waals surface area contributed by atoms with Crippen LogP contribution in [0.25, 0.3) is 22.3 Å². The minimum atomic E-state index is -0.447. The van der Waals surface area contributed by atoms with Gasteiger partial charge in [-0.3, -0.25) is 0 Å². The molecule has 4 aromatic rings. The third-order valence-electron chi connectivity index (χ3n) is 18.4. The van der Waals surface area contributed by atoms with E-state index in [-0.39, 0.29) is 5.97 Å². The van der Waals surface area contributed by atoms with Crippen LogP contribution >= 0.6 is 0 Å². The van der Waals surface area contributed by atoms with Gasteiger partial charge in [-0.15, -0.1) is 0 Å². The van der Waals surface area contributed by atoms with Gasteiger partial charge in [-0.25, -0.2) is 9.59 Å². The maximum Gasteiger partial charge on any atom is 0.343 e. The van der Waals surface area contributed by atoms with Gasteiger partial charge in [0.1, 0.15) is 18.1 Å². The van der Waals surface area contributed by atoms with E-state index in [9.17, 15) is 9.59 Å². The first-order valence-corrected chi connectivity index (χ1v) is 44.6. The minimum Gasteiger partial charge on any atom is -0.491 e. The average Bonchev–Trinajstić information content (AvgIpc) is 0.841. The summed E-state index contributed by atoms with van der Waals surface area (Å²) in [5.41, 5.74) is 4.80. The molecule has 0 radical (unpaired) electrons. The predicted molar refractivity (Wildman–Crippen MR) is 462 cm³/mol. The number of unbranched alkanes of at least 4 members (excludes halogenated alkanes) is 19. The van der Waals surface area contributed by atoms with Crippen LogP contribution in [0.1, 0.15) is 156 Å². The molecule has 0 amide bonds. The summed E-state index contributed by atoms with van der Waals surface area (Å²) in [7, 11) is 1.64. The summed E-state index contributed by atoms with van der Waals surface area (Å²) in [6.45, 7) is 24.1. The molecule has 0 N–H and O–H groups in total. The van der Waals surface area contributed by atoms with E-state index in [2.05, 4.69) is 6.92 Å². The second-order valence-electron chi connectivity index (χ2n) is 28.1. The van der Waals surface area contributed by atoms with Crippen LogP contribution in [0.2, 0.25) is 0 Å². The zero-order valence-electron chi connectivity index (χ0n) is 73.2. The number of methoxy groups -OCH3 is 1. The Kier molecular flexibility index (Phi) is 75.5. The first-order chi connectivity index (χ1) is 59.6. The number of carbonyl (C=O) groups excluding carboxylic acids is 2. The lowest BCUT2D eigenvalue weighted by Crippen LogP contribution is -2.16. The van der Waals surface area contributed by atoms with Gasteiger partial charge in [-0.2, -0.15) is 0 Å². The maximum absolute atomic E-state index is 13.1. The number of ether oxygens (including phenoxy) is 25. The van der Waals surface area contributed by atoms with E-state index >= 15 is 0 Å². The molecule has 0 saturated heterocycles. The highest BCUT2D eigenvalue weighted by Crippen LogP contribution is 2.27. The molecule has 4 rings (SSSR count). The van der Waals surface area contributed by atoms with Crippen LogP contribution in [0.15, 0.2) is 97.1 Å². The van der Waals surface area contributed by atoms with Crippen molar-refractivity contribution in [3.8, 4) is 33.8 Å². The van der Waals surface area contributed by atoms with E-state index < -0.39 is 5.97 Å². The molecule has 0 atom stereocenters. The summed E-state index contributed by atoms with van der Waals surface area (Å²) in [6.07, 6.45) is 26.7. The molecular weight excluding hydrogens is 1550 g/mol. The summed E-state index contributed by atoms with van der Waals surface area (Å²) in [4.78, 5) is 25.9. The maximum atomic E-state index is 13.1. The second kappa shape index (κ2) is 84.6. The van der Waals surface area contributed by atoms with Gasteiger partial charge in [0, 0.05) is 7.11 Å². The van der Waals surface area contributed by atoms with Crippen molar-refractivity contribution in [1.82, 2.24) is 0 Å². The number of hydrogen-bond acceptors (Lipinski definition) is 27. The van der Waals surface area contributed by atoms with Crippen LogP contribution < -0.4 is 9.47 Å². The van der Waals surface area contributed by atoms with E-state index in [1.165, 1.54) is 116 Å². The lowest BCUT2D eigenvalue weighted by molar-refractivity contribution is -0.0317. The number of carbonyl (C=O) groups is 2. The normalized spacial score (nSPS) is 11.6. The van der Waals surface area contributed by atoms with Gasteiger partial charge in [0.15, 0.2) is 0 Å². The van der Waals surface area contributed by atoms with Crippen molar-refractivity contribution in [3.05, 3.63) is 108 Å². The van der Waals surface area contributed by atoms with Crippen LogP contribution in [-0.4, -0.2) is 316 Å². The largest absolute Gasteiger partial charge is 0.491 e. The van der Waals surface area contributed by atoms with Gasteiger partial charge in [-0.1, -0.05) is 177 Å². The monoisotopic (exact) mass is 1700 g/mol. The molecular formula is C93H152O27. The molecule has 27 nitrogen and oxygen atoms in total. The van der Waals surface area contributed by atoms with Crippen molar-refractivity contribution >= 4 is 11.9 Å². The highest BCUT2D eigenvalue weighted by atomic mass is 16.6. The fourth-order valence-electron chi connectivity index (χ4n) is 11.7. The van der Waals surface area contributed by atoms with Crippen molar-refractivity contribution < 1.29 is 128 Å². The zero-order valence-corrected chi connectivity index (χ0v) is 73.2. The Labute approximate surface area is 718 Å². The topological polar surface area (TPSA) is 265 Å². The summed E-state index contributed by atoms with van der Waals surface area (Å²) >= 11 is 0. The fraction of sp³-hybridized carbons (Fsp3) is 0.720. The van der Waals surface area contributed by atoms with Crippen LogP contribution in [0, 0.1) is 0 Å². The Bertz CT molecular complexity index is 2810. The fourth-order valence-corrected chi connectivity index (χ4v) is 11.7. The quantitative estimate of drug-likeness (QED) is 0.0226. The minimum absolute atomic E-state index is 0.295. The Hall–Kier alpha value is -5.26. The zero-order chi connectivity index (χ0) is 84.7. The third kappa shape index (κ3) is 66.3. The summed E-state index contributed by atoms with van der Waals surface area (Å²) < 4.78 is 138. The number of hydrogen-bond donors (Lipinski definition) is 0. The first kappa shape index (κ1) is 107. The number of rotatable bonds is 93. The first-order valence-electron chi connectivity index (χ1n) is 44.6. The van der Waals surface area contributed by atoms with Gasteiger partial charge < -0.3 is 118 Å². The molecule has 0 unspecified atom stereocenters.